The van der Waals surface area contributed by atoms with Gasteiger partial charge in [-0.2, -0.15) is 0 Å². The maximum absolute atomic E-state index is 12.0. The Morgan fingerprint density at radius 2 is 2.14 bits per heavy atom. The van der Waals surface area contributed by atoms with E-state index < -0.39 is 0 Å². The van der Waals surface area contributed by atoms with Gasteiger partial charge in [0.1, 0.15) is 0 Å². The number of aryl methyl sites for hydroxylation is 1. The van der Waals surface area contributed by atoms with Gasteiger partial charge < -0.3 is 19.4 Å². The molecule has 0 radical (unpaired) electrons. The molecule has 1 aromatic carbocycles. The van der Waals surface area contributed by atoms with Crippen molar-refractivity contribution in [2.45, 2.75) is 13.5 Å². The Morgan fingerprint density at radius 1 is 1.32 bits per heavy atom. The normalized spacial score (nSPS) is 14.9. The molecule has 2 heterocycles. The quantitative estimate of drug-likeness (QED) is 0.931. The smallest absolute Gasteiger partial charge is 0.317 e. The number of benzene rings is 1. The number of hydrogen-bond donors (Lipinski definition) is 1. The number of hydrogen-bond acceptors (Lipinski definition) is 5. The average Bonchev–Trinajstić information content (AvgIpc) is 3.02. The summed E-state index contributed by atoms with van der Waals surface area (Å²) in [4.78, 5) is 13.7. The van der Waals surface area contributed by atoms with E-state index in [0.717, 1.165) is 11.1 Å². The molecule has 0 atom stereocenters. The van der Waals surface area contributed by atoms with Crippen molar-refractivity contribution in [2.24, 2.45) is 0 Å². The standard InChI is InChI=1S/C15H18N4O3/c1-11-3-2-4-12(9-11)14-18-17-13(22-14)10-16-15(20)19-5-7-21-8-6-19/h2-4,9H,5-8,10H2,1H3,(H,16,20). The zero-order valence-electron chi connectivity index (χ0n) is 12.4. The van der Waals surface area contributed by atoms with Gasteiger partial charge >= 0.3 is 6.03 Å². The van der Waals surface area contributed by atoms with Crippen LogP contribution in [0, 0.1) is 6.92 Å². The minimum absolute atomic E-state index is 0.140. The van der Waals surface area contributed by atoms with Crippen molar-refractivity contribution >= 4 is 6.03 Å². The predicted molar refractivity (Wildman–Crippen MR) is 79.1 cm³/mol. The summed E-state index contributed by atoms with van der Waals surface area (Å²) in [6.45, 7) is 4.57. The van der Waals surface area contributed by atoms with Crippen molar-refractivity contribution in [3.8, 4) is 11.5 Å². The Labute approximate surface area is 128 Å². The highest BCUT2D eigenvalue weighted by molar-refractivity contribution is 5.74. The Bertz CT molecular complexity index is 650. The molecule has 7 heteroatoms. The number of ether oxygens (including phenoxy) is 1. The molecule has 0 spiro atoms. The van der Waals surface area contributed by atoms with Crippen LogP contribution in [-0.2, 0) is 11.3 Å². The topological polar surface area (TPSA) is 80.5 Å². The van der Waals surface area contributed by atoms with Gasteiger partial charge in [0.05, 0.1) is 19.8 Å². The predicted octanol–water partition coefficient (Wildman–Crippen LogP) is 1.59. The Kier molecular flexibility index (Phi) is 4.34. The molecule has 1 fully saturated rings. The van der Waals surface area contributed by atoms with Crippen LogP contribution in [0.5, 0.6) is 0 Å². The number of carbonyl (C=O) groups is 1. The summed E-state index contributed by atoms with van der Waals surface area (Å²) in [6, 6.07) is 7.69. The van der Waals surface area contributed by atoms with Crippen molar-refractivity contribution in [3.63, 3.8) is 0 Å². The molecule has 22 heavy (non-hydrogen) atoms. The summed E-state index contributed by atoms with van der Waals surface area (Å²) in [7, 11) is 0. The van der Waals surface area contributed by atoms with E-state index in [-0.39, 0.29) is 12.6 Å². The van der Waals surface area contributed by atoms with Gasteiger partial charge in [-0.05, 0) is 19.1 Å². The number of amides is 2. The number of morpholine rings is 1. The van der Waals surface area contributed by atoms with Gasteiger partial charge in [-0.1, -0.05) is 17.7 Å². The lowest BCUT2D eigenvalue weighted by Crippen LogP contribution is -2.45. The van der Waals surface area contributed by atoms with Gasteiger partial charge in [-0.3, -0.25) is 0 Å². The van der Waals surface area contributed by atoms with Crippen molar-refractivity contribution in [3.05, 3.63) is 35.7 Å². The SMILES string of the molecule is Cc1cccc(-c2nnc(CNC(=O)N3CCOCC3)o2)c1. The highest BCUT2D eigenvalue weighted by atomic mass is 16.5. The van der Waals surface area contributed by atoms with Crippen LogP contribution in [0.2, 0.25) is 0 Å². The summed E-state index contributed by atoms with van der Waals surface area (Å²) in [6.07, 6.45) is 0. The minimum atomic E-state index is -0.140. The van der Waals surface area contributed by atoms with E-state index in [1.807, 2.05) is 31.2 Å². The fraction of sp³-hybridized carbons (Fsp3) is 0.400. The molecule has 0 saturated carbocycles. The van der Waals surface area contributed by atoms with Crippen LogP contribution in [0.15, 0.2) is 28.7 Å². The van der Waals surface area contributed by atoms with E-state index in [9.17, 15) is 4.79 Å². The van der Waals surface area contributed by atoms with Gasteiger partial charge in [0, 0.05) is 18.7 Å². The summed E-state index contributed by atoms with van der Waals surface area (Å²) in [5, 5.41) is 10.8. The van der Waals surface area contributed by atoms with Crippen molar-refractivity contribution in [1.82, 2.24) is 20.4 Å². The minimum Gasteiger partial charge on any atom is -0.419 e. The van der Waals surface area contributed by atoms with E-state index in [1.165, 1.54) is 0 Å². The van der Waals surface area contributed by atoms with Crippen LogP contribution in [0.25, 0.3) is 11.5 Å². The lowest BCUT2D eigenvalue weighted by molar-refractivity contribution is 0.0530. The van der Waals surface area contributed by atoms with E-state index >= 15 is 0 Å². The molecule has 3 rings (SSSR count). The Balaban J connectivity index is 1.59. The molecule has 7 nitrogen and oxygen atoms in total. The first-order chi connectivity index (χ1) is 10.7. The van der Waals surface area contributed by atoms with Crippen LogP contribution >= 0.6 is 0 Å². The molecule has 0 bridgehead atoms. The summed E-state index contributed by atoms with van der Waals surface area (Å²) in [5.41, 5.74) is 2.00. The fourth-order valence-electron chi connectivity index (χ4n) is 2.25. The number of carbonyl (C=O) groups excluding carboxylic acids is 1. The van der Waals surface area contributed by atoms with Gasteiger partial charge in [0.25, 0.3) is 0 Å². The number of rotatable bonds is 3. The summed E-state index contributed by atoms with van der Waals surface area (Å²) >= 11 is 0. The number of aromatic nitrogens is 2. The highest BCUT2D eigenvalue weighted by Gasteiger charge is 2.17. The molecule has 1 aliphatic rings. The number of urea groups is 1. The third-order valence-electron chi connectivity index (χ3n) is 3.42. The van der Waals surface area contributed by atoms with Gasteiger partial charge in [-0.25, -0.2) is 4.79 Å². The average molecular weight is 302 g/mol. The number of nitrogens with one attached hydrogen (secondary N) is 1. The lowest BCUT2D eigenvalue weighted by Gasteiger charge is -2.26. The third-order valence-corrected chi connectivity index (χ3v) is 3.42. The van der Waals surface area contributed by atoms with Gasteiger partial charge in [0.15, 0.2) is 0 Å². The summed E-state index contributed by atoms with van der Waals surface area (Å²) in [5.74, 6) is 0.845. The molecule has 2 aromatic rings. The molecule has 1 N–H and O–H groups in total. The van der Waals surface area contributed by atoms with Crippen molar-refractivity contribution < 1.29 is 13.9 Å². The first-order valence-electron chi connectivity index (χ1n) is 7.22. The van der Waals surface area contributed by atoms with Crippen molar-refractivity contribution in [1.29, 1.82) is 0 Å². The third kappa shape index (κ3) is 3.43. The second-order valence-electron chi connectivity index (χ2n) is 5.13. The van der Waals surface area contributed by atoms with Crippen LogP contribution < -0.4 is 5.32 Å². The van der Waals surface area contributed by atoms with E-state index in [1.54, 1.807) is 4.90 Å². The lowest BCUT2D eigenvalue weighted by atomic mass is 10.1. The monoisotopic (exact) mass is 302 g/mol. The van der Waals surface area contributed by atoms with Gasteiger partial charge in [-0.15, -0.1) is 10.2 Å². The largest absolute Gasteiger partial charge is 0.419 e. The molecule has 116 valence electrons. The maximum atomic E-state index is 12.0. The van der Waals surface area contributed by atoms with Gasteiger partial charge in [0.2, 0.25) is 11.8 Å². The first-order valence-corrected chi connectivity index (χ1v) is 7.22. The molecule has 1 saturated heterocycles. The van der Waals surface area contributed by atoms with E-state index in [2.05, 4.69) is 15.5 Å². The van der Waals surface area contributed by atoms with Crippen molar-refractivity contribution in [2.75, 3.05) is 26.3 Å². The molecule has 0 aliphatic carbocycles. The zero-order chi connectivity index (χ0) is 15.4. The highest BCUT2D eigenvalue weighted by Crippen LogP contribution is 2.18. The van der Waals surface area contributed by atoms with Crippen LogP contribution in [0.4, 0.5) is 4.79 Å². The molecule has 2 amide bonds. The molecule has 0 unspecified atom stereocenters. The van der Waals surface area contributed by atoms with E-state index in [0.29, 0.717) is 38.1 Å². The fourth-order valence-corrected chi connectivity index (χ4v) is 2.25. The molecular weight excluding hydrogens is 284 g/mol. The Morgan fingerprint density at radius 3 is 2.91 bits per heavy atom. The van der Waals surface area contributed by atoms with Crippen LogP contribution in [0.1, 0.15) is 11.5 Å². The Hall–Kier alpha value is -2.41. The number of nitrogens with zero attached hydrogens (tertiary/aromatic N) is 3. The maximum Gasteiger partial charge on any atom is 0.317 e. The molecule has 1 aromatic heterocycles. The molecule has 1 aliphatic heterocycles. The van der Waals surface area contributed by atoms with E-state index in [4.69, 9.17) is 9.15 Å². The second-order valence-corrected chi connectivity index (χ2v) is 5.13. The second kappa shape index (κ2) is 6.57. The first kappa shape index (κ1) is 14.5. The molecular formula is C15H18N4O3. The van der Waals surface area contributed by atoms with Crippen LogP contribution in [-0.4, -0.2) is 47.4 Å². The zero-order valence-corrected chi connectivity index (χ0v) is 12.4. The van der Waals surface area contributed by atoms with Crippen LogP contribution in [0.3, 0.4) is 0 Å². The summed E-state index contributed by atoms with van der Waals surface area (Å²) < 4.78 is 10.8.